The van der Waals surface area contributed by atoms with E-state index in [9.17, 15) is 18.0 Å². The molecule has 44 heavy (non-hydrogen) atoms. The van der Waals surface area contributed by atoms with Crippen LogP contribution in [0.4, 0.5) is 0 Å². The third-order valence-corrected chi connectivity index (χ3v) is 11.4. The van der Waals surface area contributed by atoms with Crippen LogP contribution >= 0.6 is 0 Å². The van der Waals surface area contributed by atoms with Crippen molar-refractivity contribution in [3.05, 3.63) is 0 Å². The second-order valence-corrected chi connectivity index (χ2v) is 16.1. The number of sulfonamides is 1. The van der Waals surface area contributed by atoms with Crippen molar-refractivity contribution in [2.75, 3.05) is 25.9 Å². The Morgan fingerprint density at radius 2 is 1.77 bits per heavy atom. The summed E-state index contributed by atoms with van der Waals surface area (Å²) in [6.45, 7) is 13.5. The highest BCUT2D eigenvalue weighted by Crippen LogP contribution is 2.65. The van der Waals surface area contributed by atoms with Crippen molar-refractivity contribution in [1.82, 2.24) is 26.0 Å². The van der Waals surface area contributed by atoms with Gasteiger partial charge in [0, 0.05) is 26.6 Å². The summed E-state index contributed by atoms with van der Waals surface area (Å²) in [6.07, 6.45) is 5.95. The molecule has 0 aromatic rings. The Labute approximate surface area is 265 Å². The van der Waals surface area contributed by atoms with E-state index in [1.807, 2.05) is 0 Å². The molecule has 6 N–H and O–H groups in total. The number of nitrogens with one attached hydrogen (secondary N) is 6. The average Bonchev–Trinajstić information content (AvgIpc) is 3.32. The normalized spacial score (nSPS) is 26.7. The molecule has 4 rings (SSSR count). The van der Waals surface area contributed by atoms with Crippen LogP contribution in [0, 0.1) is 28.6 Å². The van der Waals surface area contributed by atoms with E-state index < -0.39 is 23.2 Å². The maximum atomic E-state index is 13.7. The molecule has 2 bridgehead atoms. The molecule has 12 nitrogen and oxygen atoms in total. The minimum absolute atomic E-state index is 0.0113. The van der Waals surface area contributed by atoms with Crippen molar-refractivity contribution >= 4 is 34.9 Å². The van der Waals surface area contributed by atoms with Gasteiger partial charge in [-0.05, 0) is 82.0 Å². The van der Waals surface area contributed by atoms with Crippen molar-refractivity contribution in [2.24, 2.45) is 23.2 Å². The van der Waals surface area contributed by atoms with Gasteiger partial charge in [-0.3, -0.25) is 15.0 Å². The van der Waals surface area contributed by atoms with E-state index in [4.69, 9.17) is 14.7 Å². The van der Waals surface area contributed by atoms with Crippen LogP contribution in [0.15, 0.2) is 0 Å². The molecule has 6 atom stereocenters. The number of hydrogen-bond donors (Lipinski definition) is 6. The molecule has 0 unspecified atom stereocenters. The maximum Gasteiger partial charge on any atom is 0.481 e. The second-order valence-electron chi connectivity index (χ2n) is 14.0. The molecule has 3 saturated carbocycles. The number of carbonyl (C=O) groups excluding carboxylic acids is 2. The van der Waals surface area contributed by atoms with Crippen LogP contribution in [0.25, 0.3) is 0 Å². The lowest BCUT2D eigenvalue weighted by atomic mass is 9.43. The maximum absolute atomic E-state index is 13.7. The third-order valence-electron chi connectivity index (χ3n) is 10.0. The molecular formula is C30H57BN6O6S. The van der Waals surface area contributed by atoms with Crippen LogP contribution in [-0.4, -0.2) is 82.9 Å². The van der Waals surface area contributed by atoms with Crippen molar-refractivity contribution < 1.29 is 27.3 Å². The van der Waals surface area contributed by atoms with Gasteiger partial charge in [-0.25, -0.2) is 13.1 Å². The third kappa shape index (κ3) is 9.32. The molecule has 4 fully saturated rings. The summed E-state index contributed by atoms with van der Waals surface area (Å²) in [5, 5.41) is 19.5. The summed E-state index contributed by atoms with van der Waals surface area (Å²) in [6, 6.07) is -0.745. The second kappa shape index (κ2) is 15.6. The predicted octanol–water partition coefficient (Wildman–Crippen LogP) is 2.29. The van der Waals surface area contributed by atoms with Crippen molar-refractivity contribution in [2.45, 2.75) is 123 Å². The SMILES string of the molecule is CCS(=O)(=O)NCCCCCC(=O)N[C@@H](CCCNC(=N)NC)C(=O)N[C@@H](CC(C)C)B1O[C@@H]2C[C@@H]3C[C@@H](C3(C)C)[C@]2(C)O1. The monoisotopic (exact) mass is 640 g/mol. The minimum atomic E-state index is -3.22. The van der Waals surface area contributed by atoms with Crippen molar-refractivity contribution in [3.8, 4) is 0 Å². The van der Waals surface area contributed by atoms with Gasteiger partial charge in [0.15, 0.2) is 5.96 Å². The van der Waals surface area contributed by atoms with Gasteiger partial charge >= 0.3 is 7.12 Å². The zero-order valence-electron chi connectivity index (χ0n) is 27.9. The summed E-state index contributed by atoms with van der Waals surface area (Å²) < 4.78 is 38.9. The van der Waals surface area contributed by atoms with Crippen LogP contribution in [0.3, 0.4) is 0 Å². The van der Waals surface area contributed by atoms with E-state index >= 15 is 0 Å². The highest BCUT2D eigenvalue weighted by molar-refractivity contribution is 7.89. The van der Waals surface area contributed by atoms with Gasteiger partial charge in [-0.15, -0.1) is 0 Å². The molecule has 2 amide bonds. The van der Waals surface area contributed by atoms with Gasteiger partial charge in [-0.1, -0.05) is 34.1 Å². The van der Waals surface area contributed by atoms with Gasteiger partial charge in [0.2, 0.25) is 21.8 Å². The Kier molecular flexibility index (Phi) is 13.0. The zero-order chi connectivity index (χ0) is 32.7. The minimum Gasteiger partial charge on any atom is -0.404 e. The summed E-state index contributed by atoms with van der Waals surface area (Å²) in [7, 11) is -2.11. The molecule has 0 radical (unpaired) electrons. The van der Waals surface area contributed by atoms with E-state index in [1.54, 1.807) is 14.0 Å². The first kappa shape index (κ1) is 36.6. The van der Waals surface area contributed by atoms with E-state index in [2.05, 4.69) is 60.6 Å². The topological polar surface area (TPSA) is 171 Å². The molecule has 1 saturated heterocycles. The van der Waals surface area contributed by atoms with Crippen LogP contribution in [-0.2, 0) is 28.9 Å². The fourth-order valence-electron chi connectivity index (χ4n) is 7.16. The van der Waals surface area contributed by atoms with E-state index in [0.717, 1.165) is 12.8 Å². The van der Waals surface area contributed by atoms with E-state index in [1.165, 1.54) is 0 Å². The largest absolute Gasteiger partial charge is 0.481 e. The number of hydrogen-bond acceptors (Lipinski definition) is 7. The molecule has 0 spiro atoms. The van der Waals surface area contributed by atoms with Gasteiger partial charge < -0.3 is 30.6 Å². The Morgan fingerprint density at radius 1 is 1.05 bits per heavy atom. The number of carbonyl (C=O) groups is 2. The molecule has 1 aliphatic heterocycles. The molecule has 4 aliphatic rings. The lowest BCUT2D eigenvalue weighted by molar-refractivity contribution is -0.199. The van der Waals surface area contributed by atoms with Crippen LogP contribution in [0.2, 0.25) is 0 Å². The first-order valence-corrected chi connectivity index (χ1v) is 18.2. The lowest BCUT2D eigenvalue weighted by Gasteiger charge is -2.64. The van der Waals surface area contributed by atoms with E-state index in [-0.39, 0.29) is 53.0 Å². The summed E-state index contributed by atoms with van der Waals surface area (Å²) >= 11 is 0. The molecular weight excluding hydrogens is 583 g/mol. The first-order chi connectivity index (χ1) is 20.6. The Bertz CT molecular complexity index is 1110. The molecule has 14 heteroatoms. The van der Waals surface area contributed by atoms with Gasteiger partial charge in [-0.2, -0.15) is 0 Å². The predicted molar refractivity (Wildman–Crippen MR) is 173 cm³/mol. The lowest BCUT2D eigenvalue weighted by Crippen LogP contribution is -2.65. The Balaban J connectivity index is 1.60. The number of amides is 2. The highest BCUT2D eigenvalue weighted by atomic mass is 32.2. The quantitative estimate of drug-likeness (QED) is 0.0574. The fourth-order valence-corrected chi connectivity index (χ4v) is 7.82. The molecule has 3 aliphatic carbocycles. The van der Waals surface area contributed by atoms with Gasteiger partial charge in [0.25, 0.3) is 0 Å². The Morgan fingerprint density at radius 3 is 2.41 bits per heavy atom. The molecule has 0 aromatic heterocycles. The zero-order valence-corrected chi connectivity index (χ0v) is 28.7. The molecule has 1 heterocycles. The van der Waals surface area contributed by atoms with Crippen LogP contribution in [0.5, 0.6) is 0 Å². The first-order valence-electron chi connectivity index (χ1n) is 16.5. The van der Waals surface area contributed by atoms with Crippen molar-refractivity contribution in [1.29, 1.82) is 5.41 Å². The number of guanidine groups is 1. The Hall–Kier alpha value is -1.90. The smallest absolute Gasteiger partial charge is 0.404 e. The van der Waals surface area contributed by atoms with E-state index in [0.29, 0.717) is 69.4 Å². The van der Waals surface area contributed by atoms with Gasteiger partial charge in [0.1, 0.15) is 6.04 Å². The average molecular weight is 641 g/mol. The molecule has 0 aromatic carbocycles. The van der Waals surface area contributed by atoms with Crippen LogP contribution in [0.1, 0.15) is 99.3 Å². The van der Waals surface area contributed by atoms with Gasteiger partial charge in [0.05, 0.1) is 23.4 Å². The van der Waals surface area contributed by atoms with Crippen LogP contribution < -0.4 is 26.0 Å². The number of rotatable bonds is 18. The summed E-state index contributed by atoms with van der Waals surface area (Å²) in [5.41, 5.74) is -0.159. The van der Waals surface area contributed by atoms with Crippen molar-refractivity contribution in [3.63, 3.8) is 0 Å². The summed E-state index contributed by atoms with van der Waals surface area (Å²) in [4.78, 5) is 26.6. The summed E-state index contributed by atoms with van der Waals surface area (Å²) in [5.74, 6) is 0.737. The highest BCUT2D eigenvalue weighted by Gasteiger charge is 2.68. The standard InChI is InChI=1S/C30H57BN6O6S/c1-8-44(40,41)35-16-11-9-10-14-26(38)36-22(13-12-15-34-28(32)33-7)27(39)37-25(17-20(2)3)31-42-24-19-21-18-23(29(21,4)5)30(24,6)43-31/h20-25,35H,8-19H2,1-7H3,(H,36,38)(H,37,39)(H3,32,33,34)/t21-,22-,23-,24+,25-,30-/m0/s1. The molecule has 252 valence electrons. The number of unbranched alkanes of at least 4 members (excludes halogenated alkanes) is 2. The fraction of sp³-hybridized carbons (Fsp3) is 0.900.